The van der Waals surface area contributed by atoms with Crippen molar-refractivity contribution in [3.8, 4) is 11.3 Å². The maximum atomic E-state index is 13.4. The lowest BCUT2D eigenvalue weighted by molar-refractivity contribution is 0.0933. The molecule has 0 spiro atoms. The molecule has 5 N–H and O–H groups in total. The summed E-state index contributed by atoms with van der Waals surface area (Å²) in [7, 11) is 0. The Kier molecular flexibility index (Phi) is 5.64. The number of H-pyrrole nitrogens is 1. The van der Waals surface area contributed by atoms with Crippen molar-refractivity contribution in [1.82, 2.24) is 15.3 Å². The summed E-state index contributed by atoms with van der Waals surface area (Å²) >= 11 is 1.29. The minimum atomic E-state index is -0.963. The van der Waals surface area contributed by atoms with E-state index >= 15 is 0 Å². The first-order valence-corrected chi connectivity index (χ1v) is 8.97. The van der Waals surface area contributed by atoms with Crippen LogP contribution < -0.4 is 11.1 Å². The fourth-order valence-corrected chi connectivity index (χ4v) is 3.55. The van der Waals surface area contributed by atoms with E-state index in [4.69, 9.17) is 5.73 Å². The summed E-state index contributed by atoms with van der Waals surface area (Å²) in [4.78, 5) is 20.5. The highest BCUT2D eigenvalue weighted by Gasteiger charge is 2.20. The van der Waals surface area contributed by atoms with Crippen LogP contribution in [0.1, 0.15) is 32.1 Å². The second-order valence-electron chi connectivity index (χ2n) is 5.90. The Morgan fingerprint density at radius 1 is 1.33 bits per heavy atom. The van der Waals surface area contributed by atoms with Crippen molar-refractivity contribution in [3.63, 3.8) is 0 Å². The first-order valence-electron chi connectivity index (χ1n) is 8.15. The van der Waals surface area contributed by atoms with Crippen molar-refractivity contribution < 1.29 is 18.7 Å². The van der Waals surface area contributed by atoms with E-state index in [0.717, 1.165) is 17.0 Å². The van der Waals surface area contributed by atoms with E-state index in [1.54, 1.807) is 19.1 Å². The van der Waals surface area contributed by atoms with Crippen LogP contribution in [0.25, 0.3) is 11.3 Å². The van der Waals surface area contributed by atoms with Crippen molar-refractivity contribution in [2.75, 3.05) is 6.54 Å². The number of amides is 1. The number of nitrogens with two attached hydrogens (primary N) is 1. The van der Waals surface area contributed by atoms with Gasteiger partial charge in [0.05, 0.1) is 23.2 Å². The number of benzene rings is 1. The molecule has 3 aromatic rings. The first kappa shape index (κ1) is 19.2. The average Bonchev–Trinajstić information content (AvgIpc) is 3.28. The number of rotatable bonds is 6. The van der Waals surface area contributed by atoms with E-state index in [1.165, 1.54) is 17.4 Å². The molecule has 142 valence electrons. The van der Waals surface area contributed by atoms with E-state index in [2.05, 4.69) is 15.3 Å². The maximum Gasteiger partial charge on any atom is 0.268 e. The van der Waals surface area contributed by atoms with Crippen LogP contribution in [0.15, 0.2) is 30.3 Å². The molecule has 3 rings (SSSR count). The molecular formula is C18H18F2N4O2S. The number of hydrogen-bond acceptors (Lipinski definition) is 5. The van der Waals surface area contributed by atoms with E-state index in [9.17, 15) is 18.7 Å². The van der Waals surface area contributed by atoms with E-state index in [0.29, 0.717) is 22.0 Å². The third-order valence-electron chi connectivity index (χ3n) is 4.05. The molecule has 9 heteroatoms. The minimum Gasteiger partial charge on any atom is -0.391 e. The van der Waals surface area contributed by atoms with Gasteiger partial charge in [0.25, 0.3) is 5.91 Å². The summed E-state index contributed by atoms with van der Waals surface area (Å²) < 4.78 is 26.5. The molecule has 0 bridgehead atoms. The molecule has 1 atom stereocenters. The normalized spacial score (nSPS) is 12.2. The Labute approximate surface area is 158 Å². The number of aromatic amines is 1. The van der Waals surface area contributed by atoms with Gasteiger partial charge in [0, 0.05) is 17.8 Å². The van der Waals surface area contributed by atoms with Crippen molar-refractivity contribution >= 4 is 17.2 Å². The number of hydrogen-bond donors (Lipinski definition) is 4. The lowest BCUT2D eigenvalue weighted by Gasteiger charge is -2.13. The quantitative estimate of drug-likeness (QED) is 0.518. The molecule has 1 aromatic carbocycles. The summed E-state index contributed by atoms with van der Waals surface area (Å²) in [5.74, 6) is -2.30. The predicted molar refractivity (Wildman–Crippen MR) is 98.2 cm³/mol. The standard InChI is InChI=1S/C18H18F2N4O2S/c1-9-16(8-25)27-18(22-9)15(7-21)24-17(26)14-5-4-13(23-14)10-2-3-11(19)12(20)6-10/h2-6,15,23,25H,7-8,21H2,1H3,(H,24,26). The molecule has 0 saturated heterocycles. The third kappa shape index (κ3) is 4.05. The number of aromatic nitrogens is 2. The van der Waals surface area contributed by atoms with Crippen LogP contribution in [-0.2, 0) is 6.61 Å². The molecule has 6 nitrogen and oxygen atoms in total. The van der Waals surface area contributed by atoms with Gasteiger partial charge in [-0.05, 0) is 37.3 Å². The summed E-state index contributed by atoms with van der Waals surface area (Å²) in [6, 6.07) is 6.15. The molecule has 0 aliphatic heterocycles. The summed E-state index contributed by atoms with van der Waals surface area (Å²) in [5, 5.41) is 12.7. The Morgan fingerprint density at radius 3 is 2.74 bits per heavy atom. The average molecular weight is 392 g/mol. The lowest BCUT2D eigenvalue weighted by atomic mass is 10.1. The molecule has 1 unspecified atom stereocenters. The van der Waals surface area contributed by atoms with Gasteiger partial charge in [-0.25, -0.2) is 13.8 Å². The van der Waals surface area contributed by atoms with Crippen LogP contribution in [0.2, 0.25) is 0 Å². The number of carbonyl (C=O) groups excluding carboxylic acids is 1. The van der Waals surface area contributed by atoms with Crippen molar-refractivity contribution in [1.29, 1.82) is 0 Å². The number of nitrogens with one attached hydrogen (secondary N) is 2. The second kappa shape index (κ2) is 7.95. The molecule has 0 radical (unpaired) electrons. The zero-order chi connectivity index (χ0) is 19.6. The number of halogens is 2. The van der Waals surface area contributed by atoms with Crippen molar-refractivity contribution in [2.24, 2.45) is 5.73 Å². The zero-order valence-electron chi connectivity index (χ0n) is 14.4. The third-order valence-corrected chi connectivity index (χ3v) is 5.31. The zero-order valence-corrected chi connectivity index (χ0v) is 15.2. The number of aryl methyl sites for hydroxylation is 1. The van der Waals surface area contributed by atoms with Crippen LogP contribution >= 0.6 is 11.3 Å². The van der Waals surface area contributed by atoms with E-state index in [1.807, 2.05) is 0 Å². The number of aliphatic hydroxyl groups is 1. The Balaban J connectivity index is 1.77. The lowest BCUT2D eigenvalue weighted by Crippen LogP contribution is -2.33. The fraction of sp³-hybridized carbons (Fsp3) is 0.222. The highest BCUT2D eigenvalue weighted by molar-refractivity contribution is 7.11. The van der Waals surface area contributed by atoms with Crippen molar-refractivity contribution in [3.05, 3.63) is 63.2 Å². The molecule has 0 aliphatic rings. The van der Waals surface area contributed by atoms with Gasteiger partial charge in [-0.1, -0.05) is 0 Å². The van der Waals surface area contributed by atoms with Crippen molar-refractivity contribution in [2.45, 2.75) is 19.6 Å². The Hall–Kier alpha value is -2.62. The van der Waals surface area contributed by atoms with Gasteiger partial charge >= 0.3 is 0 Å². The summed E-state index contributed by atoms with van der Waals surface area (Å²) in [5.41, 5.74) is 7.62. The van der Waals surface area contributed by atoms with Gasteiger partial charge in [0.2, 0.25) is 0 Å². The van der Waals surface area contributed by atoms with Gasteiger partial charge in [-0.2, -0.15) is 0 Å². The first-order chi connectivity index (χ1) is 12.9. The van der Waals surface area contributed by atoms with Crippen LogP contribution in [-0.4, -0.2) is 27.5 Å². The van der Waals surface area contributed by atoms with E-state index < -0.39 is 23.6 Å². The SMILES string of the molecule is Cc1nc(C(CN)NC(=O)c2ccc(-c3ccc(F)c(F)c3)[nH]2)sc1CO. The van der Waals surface area contributed by atoms with E-state index in [-0.39, 0.29) is 18.8 Å². The fourth-order valence-electron chi connectivity index (χ4n) is 2.56. The predicted octanol–water partition coefficient (Wildman–Crippen LogP) is 2.65. The summed E-state index contributed by atoms with van der Waals surface area (Å²) in [6.45, 7) is 1.79. The molecule has 27 heavy (non-hydrogen) atoms. The van der Waals surface area contributed by atoms with Crippen LogP contribution in [0.4, 0.5) is 8.78 Å². The topological polar surface area (TPSA) is 104 Å². The molecule has 2 heterocycles. The van der Waals surface area contributed by atoms with Gasteiger partial charge < -0.3 is 21.1 Å². The highest BCUT2D eigenvalue weighted by atomic mass is 32.1. The molecular weight excluding hydrogens is 374 g/mol. The van der Waals surface area contributed by atoms with Gasteiger partial charge in [-0.15, -0.1) is 11.3 Å². The van der Waals surface area contributed by atoms with Gasteiger partial charge in [0.15, 0.2) is 11.6 Å². The largest absolute Gasteiger partial charge is 0.391 e. The van der Waals surface area contributed by atoms with Crippen LogP contribution in [0.3, 0.4) is 0 Å². The molecule has 2 aromatic heterocycles. The monoisotopic (exact) mass is 392 g/mol. The smallest absolute Gasteiger partial charge is 0.268 e. The number of aliphatic hydroxyl groups excluding tert-OH is 1. The molecule has 0 fully saturated rings. The minimum absolute atomic E-state index is 0.122. The summed E-state index contributed by atoms with van der Waals surface area (Å²) in [6.07, 6.45) is 0. The number of thiazole rings is 1. The molecule has 0 aliphatic carbocycles. The Morgan fingerprint density at radius 2 is 2.11 bits per heavy atom. The van der Waals surface area contributed by atoms with Gasteiger partial charge in [-0.3, -0.25) is 4.79 Å². The highest BCUT2D eigenvalue weighted by Crippen LogP contribution is 2.24. The van der Waals surface area contributed by atoms with Crippen LogP contribution in [0.5, 0.6) is 0 Å². The Bertz CT molecular complexity index is 970. The maximum absolute atomic E-state index is 13.4. The number of carbonyl (C=O) groups is 1. The molecule has 0 saturated carbocycles. The van der Waals surface area contributed by atoms with Gasteiger partial charge in [0.1, 0.15) is 10.7 Å². The second-order valence-corrected chi connectivity index (χ2v) is 7.01. The molecule has 1 amide bonds. The van der Waals surface area contributed by atoms with Crippen LogP contribution in [0, 0.1) is 18.6 Å². The number of nitrogens with zero attached hydrogens (tertiary/aromatic N) is 1.